The van der Waals surface area contributed by atoms with Crippen LogP contribution in [0, 0.1) is 11.6 Å². The monoisotopic (exact) mass is 288 g/mol. The number of nitrogens with two attached hydrogens (primary N) is 1. The van der Waals surface area contributed by atoms with Crippen molar-refractivity contribution in [3.8, 4) is 0 Å². The number of benzene rings is 2. The molecule has 0 radical (unpaired) electrons. The first-order valence-corrected chi connectivity index (χ1v) is 6.72. The lowest BCUT2D eigenvalue weighted by Crippen LogP contribution is -2.35. The average Bonchev–Trinajstić information content (AvgIpc) is 2.51. The number of anilines is 2. The smallest absolute Gasteiger partial charge is 0.258 e. The molecule has 3 rings (SSSR count). The van der Waals surface area contributed by atoms with E-state index in [-0.39, 0.29) is 5.56 Å². The zero-order valence-electron chi connectivity index (χ0n) is 11.3. The largest absolute Gasteiger partial charge is 0.394 e. The van der Waals surface area contributed by atoms with Crippen molar-refractivity contribution in [3.05, 3.63) is 59.2 Å². The highest BCUT2D eigenvalue weighted by atomic mass is 19.1. The first kappa shape index (κ1) is 13.5. The lowest BCUT2D eigenvalue weighted by atomic mass is 10.0. The van der Waals surface area contributed by atoms with Gasteiger partial charge in [0, 0.05) is 17.8 Å². The van der Waals surface area contributed by atoms with Gasteiger partial charge in [0.05, 0.1) is 0 Å². The lowest BCUT2D eigenvalue weighted by Gasteiger charge is -2.29. The summed E-state index contributed by atoms with van der Waals surface area (Å²) < 4.78 is 27.1. The third kappa shape index (κ3) is 2.35. The highest BCUT2D eigenvalue weighted by Crippen LogP contribution is 2.29. The molecule has 5 heteroatoms. The van der Waals surface area contributed by atoms with Crippen LogP contribution in [0.2, 0.25) is 0 Å². The number of carbonyl (C=O) groups is 1. The van der Waals surface area contributed by atoms with E-state index in [0.29, 0.717) is 6.54 Å². The molecular formula is C16H14F2N2O. The Morgan fingerprint density at radius 1 is 1.14 bits per heavy atom. The number of rotatable bonds is 1. The third-order valence-electron chi connectivity index (χ3n) is 3.68. The molecule has 2 aromatic rings. The third-order valence-corrected chi connectivity index (χ3v) is 3.68. The Labute approximate surface area is 121 Å². The second-order valence-electron chi connectivity index (χ2n) is 5.04. The van der Waals surface area contributed by atoms with Crippen molar-refractivity contribution in [2.24, 2.45) is 0 Å². The molecular weight excluding hydrogens is 274 g/mol. The Balaban J connectivity index is 2.00. The fourth-order valence-electron chi connectivity index (χ4n) is 2.61. The Kier molecular flexibility index (Phi) is 3.33. The molecule has 21 heavy (non-hydrogen) atoms. The van der Waals surface area contributed by atoms with Crippen LogP contribution >= 0.6 is 0 Å². The molecule has 0 unspecified atom stereocenters. The highest BCUT2D eigenvalue weighted by Gasteiger charge is 2.24. The first-order chi connectivity index (χ1) is 10.1. The van der Waals surface area contributed by atoms with Crippen LogP contribution in [0.5, 0.6) is 0 Å². The summed E-state index contributed by atoms with van der Waals surface area (Å²) in [6, 6.07) is 9.52. The van der Waals surface area contributed by atoms with Gasteiger partial charge in [-0.05, 0) is 36.6 Å². The molecule has 0 saturated carbocycles. The second-order valence-corrected chi connectivity index (χ2v) is 5.04. The van der Waals surface area contributed by atoms with Crippen LogP contribution in [-0.2, 0) is 6.42 Å². The van der Waals surface area contributed by atoms with Crippen LogP contribution in [0.25, 0.3) is 0 Å². The topological polar surface area (TPSA) is 46.3 Å². The maximum absolute atomic E-state index is 13.5. The fourth-order valence-corrected chi connectivity index (χ4v) is 2.61. The van der Waals surface area contributed by atoms with Gasteiger partial charge in [-0.1, -0.05) is 18.2 Å². The number of aryl methyl sites for hydroxylation is 1. The number of nitrogens with zero attached hydrogens (tertiary/aromatic N) is 1. The summed E-state index contributed by atoms with van der Waals surface area (Å²) in [6.07, 6.45) is 1.72. The first-order valence-electron chi connectivity index (χ1n) is 6.72. The number of nitrogen functional groups attached to an aromatic ring is 1. The van der Waals surface area contributed by atoms with Gasteiger partial charge in [0.25, 0.3) is 5.91 Å². The number of amides is 1. The lowest BCUT2D eigenvalue weighted by molar-refractivity contribution is 0.0984. The zero-order chi connectivity index (χ0) is 15.0. The summed E-state index contributed by atoms with van der Waals surface area (Å²) in [6.45, 7) is 0.531. The van der Waals surface area contributed by atoms with Crippen molar-refractivity contribution < 1.29 is 13.6 Å². The Morgan fingerprint density at radius 2 is 1.81 bits per heavy atom. The Bertz CT molecular complexity index is 692. The maximum atomic E-state index is 13.5. The van der Waals surface area contributed by atoms with Crippen LogP contribution in [-0.4, -0.2) is 12.5 Å². The fraction of sp³-hybridized carbons (Fsp3) is 0.188. The van der Waals surface area contributed by atoms with E-state index in [4.69, 9.17) is 5.73 Å². The van der Waals surface area contributed by atoms with E-state index in [1.165, 1.54) is 0 Å². The summed E-state index contributed by atoms with van der Waals surface area (Å²) >= 11 is 0. The summed E-state index contributed by atoms with van der Waals surface area (Å²) in [4.78, 5) is 14.1. The van der Waals surface area contributed by atoms with Crippen molar-refractivity contribution in [1.82, 2.24) is 0 Å². The van der Waals surface area contributed by atoms with E-state index >= 15 is 0 Å². The number of para-hydroxylation sites is 1. The minimum atomic E-state index is -0.913. The normalized spacial score (nSPS) is 13.9. The van der Waals surface area contributed by atoms with E-state index in [0.717, 1.165) is 36.2 Å². The molecule has 0 fully saturated rings. The van der Waals surface area contributed by atoms with Gasteiger partial charge in [0.1, 0.15) is 17.3 Å². The standard InChI is InChI=1S/C16H14F2N2O/c17-12-8-11(9-13(18)15(12)19)16(21)20-7-3-5-10-4-1-2-6-14(10)20/h1-2,4,6,8-9H,3,5,7,19H2. The number of fused-ring (bicyclic) bond motifs is 1. The summed E-state index contributed by atoms with van der Waals surface area (Å²) in [5.41, 5.74) is 6.50. The molecule has 1 aliphatic rings. The van der Waals surface area contributed by atoms with Crippen molar-refractivity contribution >= 4 is 17.3 Å². The van der Waals surface area contributed by atoms with Crippen LogP contribution in [0.3, 0.4) is 0 Å². The van der Waals surface area contributed by atoms with E-state index in [1.54, 1.807) is 4.90 Å². The van der Waals surface area contributed by atoms with Crippen LogP contribution in [0.15, 0.2) is 36.4 Å². The summed E-state index contributed by atoms with van der Waals surface area (Å²) in [7, 11) is 0. The van der Waals surface area contributed by atoms with Crippen LogP contribution in [0.4, 0.5) is 20.2 Å². The quantitative estimate of drug-likeness (QED) is 0.819. The molecule has 0 spiro atoms. The summed E-state index contributed by atoms with van der Waals surface area (Å²) in [5, 5.41) is 0. The molecule has 108 valence electrons. The van der Waals surface area contributed by atoms with Crippen LogP contribution in [0.1, 0.15) is 22.3 Å². The highest BCUT2D eigenvalue weighted by molar-refractivity contribution is 6.07. The molecule has 1 heterocycles. The molecule has 3 nitrogen and oxygen atoms in total. The number of hydrogen-bond donors (Lipinski definition) is 1. The van der Waals surface area contributed by atoms with E-state index < -0.39 is 23.2 Å². The van der Waals surface area contributed by atoms with E-state index in [9.17, 15) is 13.6 Å². The van der Waals surface area contributed by atoms with Crippen molar-refractivity contribution in [3.63, 3.8) is 0 Å². The van der Waals surface area contributed by atoms with Gasteiger partial charge in [-0.15, -0.1) is 0 Å². The van der Waals surface area contributed by atoms with Gasteiger partial charge in [-0.25, -0.2) is 8.78 Å². The Morgan fingerprint density at radius 3 is 2.52 bits per heavy atom. The molecule has 0 bridgehead atoms. The molecule has 2 aromatic carbocycles. The molecule has 1 aliphatic heterocycles. The average molecular weight is 288 g/mol. The maximum Gasteiger partial charge on any atom is 0.258 e. The number of carbonyl (C=O) groups excluding carboxylic acids is 1. The van der Waals surface area contributed by atoms with E-state index in [1.807, 2.05) is 24.3 Å². The molecule has 2 N–H and O–H groups in total. The molecule has 0 aliphatic carbocycles. The predicted molar refractivity (Wildman–Crippen MR) is 77.2 cm³/mol. The summed E-state index contributed by atoms with van der Waals surface area (Å²) in [5.74, 6) is -2.24. The van der Waals surface area contributed by atoms with Gasteiger partial charge in [0.2, 0.25) is 0 Å². The molecule has 0 atom stereocenters. The predicted octanol–water partition coefficient (Wildman–Crippen LogP) is 3.14. The SMILES string of the molecule is Nc1c(F)cc(C(=O)N2CCCc3ccccc32)cc1F. The van der Waals surface area contributed by atoms with Gasteiger partial charge < -0.3 is 10.6 Å². The minimum absolute atomic E-state index is 0.0316. The molecule has 0 saturated heterocycles. The molecule has 1 amide bonds. The van der Waals surface area contributed by atoms with Crippen LogP contribution < -0.4 is 10.6 Å². The zero-order valence-corrected chi connectivity index (χ0v) is 11.3. The van der Waals surface area contributed by atoms with Gasteiger partial charge in [0.15, 0.2) is 0 Å². The molecule has 0 aromatic heterocycles. The van der Waals surface area contributed by atoms with Crippen molar-refractivity contribution in [2.45, 2.75) is 12.8 Å². The van der Waals surface area contributed by atoms with Crippen molar-refractivity contribution in [2.75, 3.05) is 17.2 Å². The van der Waals surface area contributed by atoms with Gasteiger partial charge >= 0.3 is 0 Å². The number of halogens is 2. The van der Waals surface area contributed by atoms with E-state index in [2.05, 4.69) is 0 Å². The Hall–Kier alpha value is -2.43. The van der Waals surface area contributed by atoms with Gasteiger partial charge in [-0.2, -0.15) is 0 Å². The minimum Gasteiger partial charge on any atom is -0.394 e. The van der Waals surface area contributed by atoms with Gasteiger partial charge in [-0.3, -0.25) is 4.79 Å². The number of hydrogen-bond acceptors (Lipinski definition) is 2. The van der Waals surface area contributed by atoms with Crippen molar-refractivity contribution in [1.29, 1.82) is 0 Å². The second kappa shape index (κ2) is 5.16.